The number of aromatic nitrogens is 2. The van der Waals surface area contributed by atoms with Gasteiger partial charge in [0.2, 0.25) is 6.20 Å². The number of oxazole rings is 1. The van der Waals surface area contributed by atoms with Crippen LogP contribution in [0, 0.1) is 0 Å². The van der Waals surface area contributed by atoms with Crippen LogP contribution in [0.4, 0.5) is 6.01 Å². The summed E-state index contributed by atoms with van der Waals surface area (Å²) < 4.78 is 6.59. The Bertz CT molecular complexity index is 1500. The highest BCUT2D eigenvalue weighted by Crippen LogP contribution is 2.40. The van der Waals surface area contributed by atoms with Crippen molar-refractivity contribution in [3.05, 3.63) is 59.9 Å². The largest absolute Gasteiger partial charge is 0.502 e. The number of carboxylic acids is 1. The molecule has 0 bridgehead atoms. The molecule has 37 heavy (non-hydrogen) atoms. The van der Waals surface area contributed by atoms with Gasteiger partial charge in [-0.15, -0.1) is 11.8 Å². The van der Waals surface area contributed by atoms with Gasteiger partial charge in [-0.05, 0) is 6.07 Å². The molecule has 3 aromatic rings. The SMILES string of the molecule is CO/N=C(\C(=O)NC1C(=O)N2C(C(=O)O)=C(C[n+]3cc(O)c4ccccc4c3)CS[C@H]12)c1coc(N)n1. The van der Waals surface area contributed by atoms with Crippen LogP contribution in [0.2, 0.25) is 0 Å². The number of thioether (sulfide) groups is 1. The quantitative estimate of drug-likeness (QED) is 0.144. The van der Waals surface area contributed by atoms with E-state index < -0.39 is 29.2 Å². The van der Waals surface area contributed by atoms with Crippen molar-refractivity contribution in [2.45, 2.75) is 18.0 Å². The van der Waals surface area contributed by atoms with E-state index >= 15 is 0 Å². The molecule has 1 unspecified atom stereocenters. The van der Waals surface area contributed by atoms with E-state index in [1.807, 2.05) is 18.2 Å². The third-order valence-electron chi connectivity index (χ3n) is 5.90. The molecule has 14 heteroatoms. The second-order valence-electron chi connectivity index (χ2n) is 8.21. The molecular weight excluding hydrogens is 504 g/mol. The predicted octanol–water partition coefficient (Wildman–Crippen LogP) is 0.192. The Morgan fingerprint density at radius 1 is 1.38 bits per heavy atom. The van der Waals surface area contributed by atoms with Gasteiger partial charge in [0.1, 0.15) is 36.2 Å². The Kier molecular flexibility index (Phi) is 6.17. The third kappa shape index (κ3) is 4.31. The van der Waals surface area contributed by atoms with Gasteiger partial charge in [-0.2, -0.15) is 9.55 Å². The number of carboxylic acid groups (broad SMARTS) is 1. The van der Waals surface area contributed by atoms with Crippen LogP contribution in [0.25, 0.3) is 10.8 Å². The third-order valence-corrected chi connectivity index (χ3v) is 7.24. The van der Waals surface area contributed by atoms with Crippen LogP contribution in [0.15, 0.2) is 63.8 Å². The van der Waals surface area contributed by atoms with Crippen LogP contribution in [-0.4, -0.2) is 67.9 Å². The molecule has 0 saturated carbocycles. The zero-order chi connectivity index (χ0) is 26.3. The van der Waals surface area contributed by atoms with Crippen molar-refractivity contribution in [1.82, 2.24) is 15.2 Å². The molecule has 190 valence electrons. The minimum Gasteiger partial charge on any atom is -0.502 e. The van der Waals surface area contributed by atoms with Gasteiger partial charge >= 0.3 is 5.97 Å². The minimum absolute atomic E-state index is 0.0147. The van der Waals surface area contributed by atoms with Crippen LogP contribution in [-0.2, 0) is 25.8 Å². The Morgan fingerprint density at radius 2 is 2.16 bits per heavy atom. The maximum absolute atomic E-state index is 13.0. The number of aliphatic carboxylic acids is 1. The number of nitrogens with zero attached hydrogens (tertiary/aromatic N) is 4. The van der Waals surface area contributed by atoms with Gasteiger partial charge in [-0.1, -0.05) is 23.4 Å². The number of benzene rings is 1. The molecule has 13 nitrogen and oxygen atoms in total. The highest BCUT2D eigenvalue weighted by atomic mass is 32.2. The number of nitrogens with two attached hydrogens (primary N) is 1. The zero-order valence-corrected chi connectivity index (χ0v) is 20.1. The molecule has 0 radical (unpaired) electrons. The van der Waals surface area contributed by atoms with Crippen molar-refractivity contribution in [2.24, 2.45) is 5.16 Å². The lowest BCUT2D eigenvalue weighted by molar-refractivity contribution is -0.688. The van der Waals surface area contributed by atoms with Crippen LogP contribution in [0.5, 0.6) is 5.75 Å². The summed E-state index contributed by atoms with van der Waals surface area (Å²) in [5.41, 5.74) is 5.57. The fourth-order valence-corrected chi connectivity index (χ4v) is 5.64. The first kappa shape index (κ1) is 24.1. The molecule has 2 atom stereocenters. The average molecular weight is 526 g/mol. The summed E-state index contributed by atoms with van der Waals surface area (Å²) in [6, 6.07) is 6.10. The van der Waals surface area contributed by atoms with Crippen molar-refractivity contribution >= 4 is 52.0 Å². The van der Waals surface area contributed by atoms with Crippen molar-refractivity contribution in [2.75, 3.05) is 18.6 Å². The van der Waals surface area contributed by atoms with E-state index in [4.69, 9.17) is 15.0 Å². The van der Waals surface area contributed by atoms with E-state index in [1.165, 1.54) is 30.0 Å². The van der Waals surface area contributed by atoms with Crippen LogP contribution >= 0.6 is 11.8 Å². The van der Waals surface area contributed by atoms with Crippen molar-refractivity contribution in [1.29, 1.82) is 0 Å². The lowest BCUT2D eigenvalue weighted by Crippen LogP contribution is -2.71. The molecule has 2 aliphatic rings. The second kappa shape index (κ2) is 9.46. The number of nitrogens with one attached hydrogen (secondary N) is 1. The molecule has 5 N–H and O–H groups in total. The highest BCUT2D eigenvalue weighted by molar-refractivity contribution is 8.00. The lowest BCUT2D eigenvalue weighted by atomic mass is 10.0. The van der Waals surface area contributed by atoms with Gasteiger partial charge in [0.15, 0.2) is 24.2 Å². The topological polar surface area (TPSA) is 184 Å². The number of oxime groups is 1. The maximum atomic E-state index is 13.0. The molecule has 2 amide bonds. The standard InChI is InChI=1S/C23H20N6O7S/c1-35-27-16(14-9-36-23(24)25-14)19(31)26-17-20(32)29-18(22(33)34)12(10-37-21(17)29)7-28-6-11-4-2-3-5-13(11)15(30)8-28/h2-6,8-9,17,21H,7,10H2,1H3,(H4-,24,25,26,30,31,33,34)/p+1/b27-16-/t17?,21-/m1/s1. The molecule has 1 aromatic carbocycles. The number of aromatic hydroxyl groups is 1. The van der Waals surface area contributed by atoms with E-state index in [1.54, 1.807) is 16.8 Å². The molecular formula is C23H21N6O7S+. The van der Waals surface area contributed by atoms with Crippen molar-refractivity contribution in [3.8, 4) is 5.75 Å². The number of β-lactam (4-membered cyclic amide) rings is 1. The number of nitrogen functional groups attached to an aromatic ring is 1. The van der Waals surface area contributed by atoms with Crippen LogP contribution in [0.1, 0.15) is 5.69 Å². The smallest absolute Gasteiger partial charge is 0.352 e. The van der Waals surface area contributed by atoms with Gasteiger partial charge in [0.25, 0.3) is 17.8 Å². The summed E-state index contributed by atoms with van der Waals surface area (Å²) in [6.45, 7) is 0.152. The average Bonchev–Trinajstić information content (AvgIpc) is 3.31. The predicted molar refractivity (Wildman–Crippen MR) is 130 cm³/mol. The molecule has 1 fully saturated rings. The zero-order valence-electron chi connectivity index (χ0n) is 19.3. The second-order valence-corrected chi connectivity index (χ2v) is 9.32. The molecule has 5 rings (SSSR count). The number of fused-ring (bicyclic) bond motifs is 2. The van der Waals surface area contributed by atoms with Crippen molar-refractivity contribution in [3.63, 3.8) is 0 Å². The first-order valence-electron chi connectivity index (χ1n) is 10.9. The Morgan fingerprint density at radius 3 is 2.86 bits per heavy atom. The minimum atomic E-state index is -1.26. The normalized spacial score (nSPS) is 19.4. The number of carbonyl (C=O) groups excluding carboxylic acids is 2. The number of rotatable bonds is 7. The number of hydrogen-bond donors (Lipinski definition) is 4. The van der Waals surface area contributed by atoms with E-state index in [-0.39, 0.29) is 35.4 Å². The van der Waals surface area contributed by atoms with Crippen LogP contribution < -0.4 is 15.6 Å². The van der Waals surface area contributed by atoms with Gasteiger partial charge in [-0.3, -0.25) is 14.5 Å². The number of amides is 2. The molecule has 0 spiro atoms. The van der Waals surface area contributed by atoms with Gasteiger partial charge in [0.05, 0.1) is 0 Å². The van der Waals surface area contributed by atoms with E-state index in [9.17, 15) is 24.6 Å². The summed E-state index contributed by atoms with van der Waals surface area (Å²) in [5.74, 6) is -2.25. The maximum Gasteiger partial charge on any atom is 0.352 e. The summed E-state index contributed by atoms with van der Waals surface area (Å²) in [5, 5.41) is 27.4. The number of carbonyl (C=O) groups is 3. The van der Waals surface area contributed by atoms with Crippen LogP contribution in [0.3, 0.4) is 0 Å². The van der Waals surface area contributed by atoms with Crippen molar-refractivity contribution < 1.29 is 38.4 Å². The molecule has 4 heterocycles. The van der Waals surface area contributed by atoms with Gasteiger partial charge < -0.3 is 30.5 Å². The summed E-state index contributed by atoms with van der Waals surface area (Å²) >= 11 is 1.32. The Labute approximate surface area is 213 Å². The first-order valence-corrected chi connectivity index (χ1v) is 12.0. The molecule has 2 aliphatic heterocycles. The monoisotopic (exact) mass is 525 g/mol. The number of pyridine rings is 1. The Balaban J connectivity index is 1.38. The number of hydrogen-bond acceptors (Lipinski definition) is 10. The molecule has 1 saturated heterocycles. The van der Waals surface area contributed by atoms with E-state index in [0.29, 0.717) is 16.7 Å². The fourth-order valence-electron chi connectivity index (χ4n) is 4.30. The van der Waals surface area contributed by atoms with Gasteiger partial charge in [0, 0.05) is 22.1 Å². The molecule has 0 aliphatic carbocycles. The van der Waals surface area contributed by atoms with Gasteiger partial charge in [-0.25, -0.2) is 4.79 Å². The highest BCUT2D eigenvalue weighted by Gasteiger charge is 2.54. The lowest BCUT2D eigenvalue weighted by Gasteiger charge is -2.49. The summed E-state index contributed by atoms with van der Waals surface area (Å²) in [7, 11) is 1.24. The summed E-state index contributed by atoms with van der Waals surface area (Å²) in [6.07, 6.45) is 4.43. The first-order chi connectivity index (χ1) is 17.8. The summed E-state index contributed by atoms with van der Waals surface area (Å²) in [4.78, 5) is 47.8. The Hall–Kier alpha value is -4.59. The molecule has 2 aromatic heterocycles. The fraction of sp³-hybridized carbons (Fsp3) is 0.217. The van der Waals surface area contributed by atoms with E-state index in [2.05, 4.69) is 15.5 Å². The number of anilines is 1. The van der Waals surface area contributed by atoms with E-state index in [0.717, 1.165) is 11.6 Å².